The normalized spacial score (nSPS) is 16.7. The number of carbonyl (C=O) groups is 1. The van der Waals surface area contributed by atoms with E-state index in [1.165, 1.54) is 12.1 Å². The molecule has 1 aromatic rings. The van der Waals surface area contributed by atoms with Crippen molar-refractivity contribution in [3.63, 3.8) is 0 Å². The predicted molar refractivity (Wildman–Crippen MR) is 70.7 cm³/mol. The third kappa shape index (κ3) is 2.11. The van der Waals surface area contributed by atoms with Gasteiger partial charge in [-0.1, -0.05) is 24.4 Å². The standard InChI is InChI=1S/C11H12N2O3S2/c12-10(17)6-3-7-13-11(14)8-4-1-2-5-9(8)18(13,15)16/h1-2,4-5H,3,6-7H2,(H2,12,17). The summed E-state index contributed by atoms with van der Waals surface area (Å²) in [6.07, 6.45) is 0.860. The van der Waals surface area contributed by atoms with Crippen molar-refractivity contribution in [2.24, 2.45) is 5.73 Å². The first-order chi connectivity index (χ1) is 8.44. The molecule has 0 saturated carbocycles. The van der Waals surface area contributed by atoms with Crippen LogP contribution in [0.3, 0.4) is 0 Å². The molecule has 0 aliphatic carbocycles. The van der Waals surface area contributed by atoms with Gasteiger partial charge in [-0.25, -0.2) is 12.7 Å². The molecule has 0 unspecified atom stereocenters. The van der Waals surface area contributed by atoms with E-state index in [1.54, 1.807) is 12.1 Å². The Balaban J connectivity index is 2.25. The highest BCUT2D eigenvalue weighted by atomic mass is 32.2. The van der Waals surface area contributed by atoms with Crippen LogP contribution in [0.4, 0.5) is 0 Å². The Morgan fingerprint density at radius 2 is 2.00 bits per heavy atom. The number of benzene rings is 1. The smallest absolute Gasteiger partial charge is 0.269 e. The summed E-state index contributed by atoms with van der Waals surface area (Å²) >= 11 is 4.72. The molecule has 1 aliphatic heterocycles. The van der Waals surface area contributed by atoms with Crippen LogP contribution in [0.15, 0.2) is 29.2 Å². The molecule has 96 valence electrons. The van der Waals surface area contributed by atoms with Gasteiger partial charge in [0.25, 0.3) is 15.9 Å². The molecule has 2 rings (SSSR count). The van der Waals surface area contributed by atoms with E-state index in [9.17, 15) is 13.2 Å². The first-order valence-electron chi connectivity index (χ1n) is 5.39. The lowest BCUT2D eigenvalue weighted by Crippen LogP contribution is -2.31. The van der Waals surface area contributed by atoms with Crippen LogP contribution in [-0.4, -0.2) is 30.2 Å². The van der Waals surface area contributed by atoms with Gasteiger partial charge in [0.05, 0.1) is 10.6 Å². The van der Waals surface area contributed by atoms with Gasteiger partial charge in [0.15, 0.2) is 0 Å². The van der Waals surface area contributed by atoms with Crippen LogP contribution in [0.2, 0.25) is 0 Å². The van der Waals surface area contributed by atoms with E-state index in [2.05, 4.69) is 0 Å². The zero-order valence-electron chi connectivity index (χ0n) is 9.50. The van der Waals surface area contributed by atoms with Crippen LogP contribution in [0.5, 0.6) is 0 Å². The summed E-state index contributed by atoms with van der Waals surface area (Å²) in [4.78, 5) is 12.4. The van der Waals surface area contributed by atoms with Gasteiger partial charge in [0.1, 0.15) is 4.90 Å². The molecule has 1 aromatic carbocycles. The van der Waals surface area contributed by atoms with Crippen molar-refractivity contribution in [3.8, 4) is 0 Å². The monoisotopic (exact) mass is 284 g/mol. The number of amides is 1. The number of nitrogens with zero attached hydrogens (tertiary/aromatic N) is 1. The van der Waals surface area contributed by atoms with Gasteiger partial charge in [-0.2, -0.15) is 0 Å². The summed E-state index contributed by atoms with van der Waals surface area (Å²) in [5.41, 5.74) is 5.57. The highest BCUT2D eigenvalue weighted by Gasteiger charge is 2.40. The Kier molecular flexibility index (Phi) is 3.36. The molecule has 5 nitrogen and oxygen atoms in total. The lowest BCUT2D eigenvalue weighted by atomic mass is 10.2. The molecule has 0 aromatic heterocycles. The number of sulfonamides is 1. The van der Waals surface area contributed by atoms with Gasteiger partial charge in [0, 0.05) is 6.54 Å². The number of carbonyl (C=O) groups excluding carboxylic acids is 1. The molecular weight excluding hydrogens is 272 g/mol. The average Bonchev–Trinajstić information content (AvgIpc) is 2.50. The van der Waals surface area contributed by atoms with Crippen molar-refractivity contribution in [2.45, 2.75) is 17.7 Å². The molecule has 0 bridgehead atoms. The summed E-state index contributed by atoms with van der Waals surface area (Å²) in [7, 11) is -3.69. The Morgan fingerprint density at radius 3 is 2.61 bits per heavy atom. The molecule has 0 spiro atoms. The molecule has 18 heavy (non-hydrogen) atoms. The molecule has 2 N–H and O–H groups in total. The lowest BCUT2D eigenvalue weighted by Gasteiger charge is -2.14. The largest absolute Gasteiger partial charge is 0.393 e. The summed E-state index contributed by atoms with van der Waals surface area (Å²) < 4.78 is 25.1. The number of nitrogens with two attached hydrogens (primary N) is 1. The van der Waals surface area contributed by atoms with E-state index in [1.807, 2.05) is 0 Å². The molecule has 1 amide bonds. The van der Waals surface area contributed by atoms with Gasteiger partial charge in [-0.05, 0) is 25.0 Å². The third-order valence-corrected chi connectivity index (χ3v) is 4.74. The molecule has 0 radical (unpaired) electrons. The summed E-state index contributed by atoms with van der Waals surface area (Å²) in [5.74, 6) is -0.478. The fourth-order valence-corrected chi connectivity index (χ4v) is 3.60. The summed E-state index contributed by atoms with van der Waals surface area (Å²) in [5, 5.41) is 0. The van der Waals surface area contributed by atoms with Crippen LogP contribution in [-0.2, 0) is 10.0 Å². The highest BCUT2D eigenvalue weighted by Crippen LogP contribution is 2.29. The fraction of sp³-hybridized carbons (Fsp3) is 0.273. The van der Waals surface area contributed by atoms with Gasteiger partial charge >= 0.3 is 0 Å². The minimum atomic E-state index is -3.69. The molecule has 7 heteroatoms. The second-order valence-electron chi connectivity index (χ2n) is 3.95. The third-order valence-electron chi connectivity index (χ3n) is 2.70. The SMILES string of the molecule is NC(=S)CCCN1C(=O)c2ccccc2S1(=O)=O. The highest BCUT2D eigenvalue weighted by molar-refractivity contribution is 7.90. The number of rotatable bonds is 4. The summed E-state index contributed by atoms with van der Waals surface area (Å²) in [6.45, 7) is 0.104. The Morgan fingerprint density at radius 1 is 1.33 bits per heavy atom. The van der Waals surface area contributed by atoms with Crippen molar-refractivity contribution in [2.75, 3.05) is 6.54 Å². The Hall–Kier alpha value is -1.47. The molecular formula is C11H12N2O3S2. The van der Waals surface area contributed by atoms with Gasteiger partial charge in [0.2, 0.25) is 0 Å². The zero-order valence-corrected chi connectivity index (χ0v) is 11.1. The maximum Gasteiger partial charge on any atom is 0.269 e. The number of hydrogen-bond acceptors (Lipinski definition) is 4. The fourth-order valence-electron chi connectivity index (χ4n) is 1.85. The molecule has 1 aliphatic rings. The van der Waals surface area contributed by atoms with E-state index in [-0.39, 0.29) is 17.0 Å². The average molecular weight is 284 g/mol. The van der Waals surface area contributed by atoms with Crippen molar-refractivity contribution in [1.29, 1.82) is 0 Å². The van der Waals surface area contributed by atoms with Crippen LogP contribution >= 0.6 is 12.2 Å². The first kappa shape index (κ1) is 13.0. The van der Waals surface area contributed by atoms with Crippen LogP contribution in [0, 0.1) is 0 Å². The maximum atomic E-state index is 12.1. The van der Waals surface area contributed by atoms with Crippen molar-refractivity contribution >= 4 is 33.1 Å². The van der Waals surface area contributed by atoms with Crippen molar-refractivity contribution < 1.29 is 13.2 Å². The van der Waals surface area contributed by atoms with E-state index < -0.39 is 15.9 Å². The maximum absolute atomic E-state index is 12.1. The van der Waals surface area contributed by atoms with Gasteiger partial charge in [-0.3, -0.25) is 4.79 Å². The van der Waals surface area contributed by atoms with Gasteiger partial charge < -0.3 is 5.73 Å². The number of thiocarbonyl (C=S) groups is 1. The van der Waals surface area contributed by atoms with Crippen molar-refractivity contribution in [3.05, 3.63) is 29.8 Å². The predicted octanol–water partition coefficient (Wildman–Crippen LogP) is 0.897. The molecule has 1 heterocycles. The minimum Gasteiger partial charge on any atom is -0.393 e. The summed E-state index contributed by atoms with van der Waals surface area (Å²) in [6, 6.07) is 6.20. The van der Waals surface area contributed by atoms with E-state index >= 15 is 0 Å². The van der Waals surface area contributed by atoms with Crippen LogP contribution in [0.1, 0.15) is 23.2 Å². The van der Waals surface area contributed by atoms with E-state index in [0.717, 1.165) is 4.31 Å². The molecule has 0 atom stereocenters. The van der Waals surface area contributed by atoms with E-state index in [4.69, 9.17) is 18.0 Å². The second-order valence-corrected chi connectivity index (χ2v) is 6.30. The Labute approximate surface area is 111 Å². The Bertz CT molecular complexity index is 610. The van der Waals surface area contributed by atoms with Crippen LogP contribution in [0.25, 0.3) is 0 Å². The number of hydrogen-bond donors (Lipinski definition) is 1. The first-order valence-corrected chi connectivity index (χ1v) is 7.24. The van der Waals surface area contributed by atoms with Crippen LogP contribution < -0.4 is 5.73 Å². The second kappa shape index (κ2) is 4.66. The number of fused-ring (bicyclic) bond motifs is 1. The van der Waals surface area contributed by atoms with Crippen molar-refractivity contribution in [1.82, 2.24) is 4.31 Å². The molecule has 0 fully saturated rings. The minimum absolute atomic E-state index is 0.0744. The topological polar surface area (TPSA) is 80.5 Å². The van der Waals surface area contributed by atoms with Gasteiger partial charge in [-0.15, -0.1) is 0 Å². The van der Waals surface area contributed by atoms with E-state index in [0.29, 0.717) is 17.8 Å². The molecule has 0 saturated heterocycles. The quantitative estimate of drug-likeness (QED) is 0.831. The zero-order chi connectivity index (χ0) is 13.3. The lowest BCUT2D eigenvalue weighted by molar-refractivity contribution is 0.0870.